The van der Waals surface area contributed by atoms with Crippen molar-refractivity contribution in [2.45, 2.75) is 6.42 Å². The number of carbonyl (C=O) groups is 1. The third kappa shape index (κ3) is 3.58. The molecule has 0 radical (unpaired) electrons. The first-order chi connectivity index (χ1) is 6.72. The Bertz CT molecular complexity index is 353. The molecular formula is C10H9BrN2O. The molecule has 0 aromatic heterocycles. The van der Waals surface area contributed by atoms with Gasteiger partial charge in [0.15, 0.2) is 0 Å². The number of hydrogen-bond donors (Lipinski definition) is 1. The third-order valence-corrected chi connectivity index (χ3v) is 2.17. The molecule has 1 N–H and O–H groups in total. The molecule has 0 aliphatic rings. The Balaban J connectivity index is 2.49. The molecule has 0 aliphatic heterocycles. The van der Waals surface area contributed by atoms with Crippen LogP contribution < -0.4 is 5.32 Å². The maximum atomic E-state index is 11.2. The molecule has 14 heavy (non-hydrogen) atoms. The van der Waals surface area contributed by atoms with Gasteiger partial charge in [-0.1, -0.05) is 28.1 Å². The van der Waals surface area contributed by atoms with Gasteiger partial charge in [-0.2, -0.15) is 5.26 Å². The van der Waals surface area contributed by atoms with Gasteiger partial charge in [0.25, 0.3) is 0 Å². The molecule has 0 spiro atoms. The second kappa shape index (κ2) is 5.40. The van der Waals surface area contributed by atoms with Gasteiger partial charge in [-0.3, -0.25) is 4.79 Å². The van der Waals surface area contributed by atoms with E-state index in [1.54, 1.807) is 0 Å². The molecule has 0 saturated carbocycles. The highest BCUT2D eigenvalue weighted by molar-refractivity contribution is 9.10. The highest BCUT2D eigenvalue weighted by atomic mass is 79.9. The zero-order chi connectivity index (χ0) is 10.4. The van der Waals surface area contributed by atoms with Crippen molar-refractivity contribution in [3.8, 4) is 6.07 Å². The van der Waals surface area contributed by atoms with Crippen LogP contribution in [-0.4, -0.2) is 12.5 Å². The molecule has 0 unspecified atom stereocenters. The van der Waals surface area contributed by atoms with E-state index in [1.165, 1.54) is 0 Å². The van der Waals surface area contributed by atoms with E-state index in [2.05, 4.69) is 21.2 Å². The summed E-state index contributed by atoms with van der Waals surface area (Å²) in [4.78, 5) is 11.2. The van der Waals surface area contributed by atoms with Crippen molar-refractivity contribution >= 4 is 21.8 Å². The van der Waals surface area contributed by atoms with Gasteiger partial charge in [0.05, 0.1) is 12.5 Å². The van der Waals surface area contributed by atoms with Crippen LogP contribution >= 0.6 is 15.9 Å². The number of nitriles is 1. The summed E-state index contributed by atoms with van der Waals surface area (Å²) in [5.74, 6) is -0.131. The van der Waals surface area contributed by atoms with E-state index >= 15 is 0 Å². The summed E-state index contributed by atoms with van der Waals surface area (Å²) < 4.78 is 0.985. The zero-order valence-electron chi connectivity index (χ0n) is 7.46. The van der Waals surface area contributed by atoms with Crippen LogP contribution in [0.3, 0.4) is 0 Å². The third-order valence-electron chi connectivity index (χ3n) is 1.64. The lowest BCUT2D eigenvalue weighted by Crippen LogP contribution is -2.25. The Hall–Kier alpha value is -1.34. The average Bonchev–Trinajstić information content (AvgIpc) is 2.18. The lowest BCUT2D eigenvalue weighted by molar-refractivity contribution is -0.120. The van der Waals surface area contributed by atoms with Gasteiger partial charge in [-0.15, -0.1) is 0 Å². The molecule has 1 rings (SSSR count). The highest BCUT2D eigenvalue weighted by Crippen LogP contribution is 2.10. The summed E-state index contributed by atoms with van der Waals surface area (Å²) in [6.45, 7) is 0.0648. The molecule has 72 valence electrons. The maximum Gasteiger partial charge on any atom is 0.225 e. The SMILES string of the molecule is N#CCNC(=O)Cc1ccc(Br)cc1. The summed E-state index contributed by atoms with van der Waals surface area (Å²) in [5, 5.41) is 10.7. The molecular weight excluding hydrogens is 244 g/mol. The van der Waals surface area contributed by atoms with E-state index in [0.717, 1.165) is 10.0 Å². The average molecular weight is 253 g/mol. The number of nitrogens with zero attached hydrogens (tertiary/aromatic N) is 1. The van der Waals surface area contributed by atoms with Gasteiger partial charge in [-0.25, -0.2) is 0 Å². The van der Waals surface area contributed by atoms with E-state index in [1.807, 2.05) is 30.3 Å². The Morgan fingerprint density at radius 3 is 2.64 bits per heavy atom. The van der Waals surface area contributed by atoms with Crippen LogP contribution in [0.25, 0.3) is 0 Å². The predicted molar refractivity (Wildman–Crippen MR) is 56.5 cm³/mol. The lowest BCUT2D eigenvalue weighted by atomic mass is 10.1. The topological polar surface area (TPSA) is 52.9 Å². The van der Waals surface area contributed by atoms with Gasteiger partial charge in [0.1, 0.15) is 6.54 Å². The van der Waals surface area contributed by atoms with E-state index in [4.69, 9.17) is 5.26 Å². The van der Waals surface area contributed by atoms with E-state index in [0.29, 0.717) is 6.42 Å². The molecule has 4 heteroatoms. The van der Waals surface area contributed by atoms with Crippen molar-refractivity contribution in [1.29, 1.82) is 5.26 Å². The summed E-state index contributed by atoms with van der Waals surface area (Å²) in [5.41, 5.74) is 0.934. The molecule has 0 bridgehead atoms. The Labute approximate surface area is 90.9 Å². The highest BCUT2D eigenvalue weighted by Gasteiger charge is 2.01. The first kappa shape index (κ1) is 10.7. The van der Waals surface area contributed by atoms with Gasteiger partial charge in [-0.05, 0) is 17.7 Å². The summed E-state index contributed by atoms with van der Waals surface area (Å²) in [6.07, 6.45) is 0.314. The number of carbonyl (C=O) groups excluding carboxylic acids is 1. The summed E-state index contributed by atoms with van der Waals surface area (Å²) in [6, 6.07) is 9.36. The molecule has 0 saturated heterocycles. The van der Waals surface area contributed by atoms with Crippen LogP contribution in [0.15, 0.2) is 28.7 Å². The monoisotopic (exact) mass is 252 g/mol. The predicted octanol–water partition coefficient (Wildman–Crippen LogP) is 1.63. The number of nitrogens with one attached hydrogen (secondary N) is 1. The van der Waals surface area contributed by atoms with Crippen LogP contribution in [0.4, 0.5) is 0 Å². The van der Waals surface area contributed by atoms with Gasteiger partial charge >= 0.3 is 0 Å². The maximum absolute atomic E-state index is 11.2. The van der Waals surface area contributed by atoms with Crippen LogP contribution in [-0.2, 0) is 11.2 Å². The van der Waals surface area contributed by atoms with Crippen molar-refractivity contribution in [3.63, 3.8) is 0 Å². The van der Waals surface area contributed by atoms with Crippen molar-refractivity contribution in [3.05, 3.63) is 34.3 Å². The van der Waals surface area contributed by atoms with Crippen molar-refractivity contribution in [1.82, 2.24) is 5.32 Å². The second-order valence-electron chi connectivity index (χ2n) is 2.74. The molecule has 1 aromatic carbocycles. The van der Waals surface area contributed by atoms with Gasteiger partial charge in [0.2, 0.25) is 5.91 Å². The molecule has 0 fully saturated rings. The van der Waals surface area contributed by atoms with Crippen LogP contribution in [0, 0.1) is 11.3 Å². The van der Waals surface area contributed by atoms with E-state index < -0.39 is 0 Å². The van der Waals surface area contributed by atoms with Crippen molar-refractivity contribution in [2.75, 3.05) is 6.54 Å². The molecule has 1 aromatic rings. The van der Waals surface area contributed by atoms with E-state index in [-0.39, 0.29) is 12.5 Å². The van der Waals surface area contributed by atoms with Crippen LogP contribution in [0.1, 0.15) is 5.56 Å². The minimum Gasteiger partial charge on any atom is -0.343 e. The first-order valence-electron chi connectivity index (χ1n) is 4.10. The molecule has 0 heterocycles. The fourth-order valence-corrected chi connectivity index (χ4v) is 1.25. The number of halogens is 1. The summed E-state index contributed by atoms with van der Waals surface area (Å²) >= 11 is 3.31. The molecule has 1 amide bonds. The minimum absolute atomic E-state index is 0.0648. The largest absolute Gasteiger partial charge is 0.343 e. The number of amides is 1. The molecule has 0 atom stereocenters. The van der Waals surface area contributed by atoms with Gasteiger partial charge < -0.3 is 5.32 Å². The normalized spacial score (nSPS) is 9.14. The summed E-state index contributed by atoms with van der Waals surface area (Å²) in [7, 11) is 0. The fourth-order valence-electron chi connectivity index (χ4n) is 0.988. The van der Waals surface area contributed by atoms with Crippen molar-refractivity contribution in [2.24, 2.45) is 0 Å². The van der Waals surface area contributed by atoms with Gasteiger partial charge in [0, 0.05) is 4.47 Å². The van der Waals surface area contributed by atoms with E-state index in [9.17, 15) is 4.79 Å². The zero-order valence-corrected chi connectivity index (χ0v) is 9.04. The molecule has 0 aliphatic carbocycles. The first-order valence-corrected chi connectivity index (χ1v) is 4.90. The van der Waals surface area contributed by atoms with Crippen LogP contribution in [0.5, 0.6) is 0 Å². The Kier molecular flexibility index (Phi) is 4.14. The number of hydrogen-bond acceptors (Lipinski definition) is 2. The fraction of sp³-hybridized carbons (Fsp3) is 0.200. The Morgan fingerprint density at radius 2 is 2.07 bits per heavy atom. The minimum atomic E-state index is -0.131. The smallest absolute Gasteiger partial charge is 0.225 e. The quantitative estimate of drug-likeness (QED) is 0.832. The second-order valence-corrected chi connectivity index (χ2v) is 3.65. The van der Waals surface area contributed by atoms with Crippen molar-refractivity contribution < 1.29 is 4.79 Å². The Morgan fingerprint density at radius 1 is 1.43 bits per heavy atom. The molecule has 3 nitrogen and oxygen atoms in total. The van der Waals surface area contributed by atoms with Crippen LogP contribution in [0.2, 0.25) is 0 Å². The number of rotatable bonds is 3. The number of benzene rings is 1. The lowest BCUT2D eigenvalue weighted by Gasteiger charge is -2.01. The standard InChI is InChI=1S/C10H9BrN2O/c11-9-3-1-8(2-4-9)7-10(14)13-6-5-12/h1-4H,6-7H2,(H,13,14).